The highest BCUT2D eigenvalue weighted by atomic mass is 15.3. The van der Waals surface area contributed by atoms with Crippen molar-refractivity contribution in [2.75, 3.05) is 0 Å². The van der Waals surface area contributed by atoms with Crippen LogP contribution in [0.3, 0.4) is 0 Å². The molecule has 0 aromatic heterocycles. The second-order valence-corrected chi connectivity index (χ2v) is 24.8. The van der Waals surface area contributed by atoms with Crippen LogP contribution in [0.2, 0.25) is 0 Å². The van der Waals surface area contributed by atoms with Crippen LogP contribution in [0.4, 0.5) is 0 Å². The molecule has 61 heavy (non-hydrogen) atoms. The summed E-state index contributed by atoms with van der Waals surface area (Å²) in [7, 11) is 0. The second kappa shape index (κ2) is 22.6. The standard InChI is InChI=1S/C57H102N4/c1-43-25-27-49(28-26-43)58(46-17-7-4-8-18-46)50-29-31-51(32-30-50)59(52-33-37-54(38-34-52)60(47-19-9-5-10-20-47)56-23-13-15-44(2)41-56)53-35-39-55(40-36-53)61(48-21-11-6-12-22-48)57-24-14-16-45(3)42-57/h43-57H,4-42H2,1-3H3. The minimum Gasteiger partial charge on any atom is -0.294 e. The van der Waals surface area contributed by atoms with E-state index in [0.29, 0.717) is 0 Å². The van der Waals surface area contributed by atoms with Gasteiger partial charge in [-0.25, -0.2) is 0 Å². The van der Waals surface area contributed by atoms with Crippen molar-refractivity contribution < 1.29 is 0 Å². The van der Waals surface area contributed by atoms with Gasteiger partial charge in [-0.2, -0.15) is 0 Å². The summed E-state index contributed by atoms with van der Waals surface area (Å²) in [5, 5.41) is 0. The largest absolute Gasteiger partial charge is 0.294 e. The van der Waals surface area contributed by atoms with E-state index in [0.717, 1.165) is 90.3 Å². The Bertz CT molecular complexity index is 1170. The van der Waals surface area contributed by atoms with Gasteiger partial charge in [0.1, 0.15) is 0 Å². The molecule has 0 amide bonds. The molecule has 9 aliphatic rings. The van der Waals surface area contributed by atoms with Crippen LogP contribution >= 0.6 is 0 Å². The van der Waals surface area contributed by atoms with Crippen LogP contribution < -0.4 is 0 Å². The maximum Gasteiger partial charge on any atom is 0.0104 e. The van der Waals surface area contributed by atoms with Crippen molar-refractivity contribution in [1.82, 2.24) is 19.6 Å². The minimum atomic E-state index is 0.848. The Morgan fingerprint density at radius 3 is 0.656 bits per heavy atom. The molecule has 0 heterocycles. The lowest BCUT2D eigenvalue weighted by Crippen LogP contribution is -2.59. The van der Waals surface area contributed by atoms with Gasteiger partial charge in [0.05, 0.1) is 0 Å². The average Bonchev–Trinajstić information content (AvgIpc) is 3.30. The summed E-state index contributed by atoms with van der Waals surface area (Å²) in [6, 6.07) is 10.5. The van der Waals surface area contributed by atoms with Crippen molar-refractivity contribution in [3.8, 4) is 0 Å². The molecule has 9 saturated carbocycles. The molecule has 0 N–H and O–H groups in total. The van der Waals surface area contributed by atoms with Crippen LogP contribution in [0.5, 0.6) is 0 Å². The van der Waals surface area contributed by atoms with Crippen molar-refractivity contribution in [3.05, 3.63) is 0 Å². The highest BCUT2D eigenvalue weighted by Crippen LogP contribution is 2.45. The fourth-order valence-electron chi connectivity index (χ4n) is 17.6. The Labute approximate surface area is 379 Å². The van der Waals surface area contributed by atoms with Crippen LogP contribution in [0.15, 0.2) is 0 Å². The van der Waals surface area contributed by atoms with Crippen LogP contribution in [0, 0.1) is 17.8 Å². The molecule has 4 heteroatoms. The molecule has 0 aliphatic heterocycles. The Kier molecular flexibility index (Phi) is 17.0. The normalized spacial score (nSPS) is 41.2. The van der Waals surface area contributed by atoms with E-state index in [-0.39, 0.29) is 0 Å². The van der Waals surface area contributed by atoms with Crippen molar-refractivity contribution in [2.45, 2.75) is 344 Å². The van der Waals surface area contributed by atoms with E-state index in [2.05, 4.69) is 40.4 Å². The Hall–Kier alpha value is -0.160. The number of nitrogens with zero attached hydrogens (tertiary/aromatic N) is 4. The van der Waals surface area contributed by atoms with Crippen molar-refractivity contribution in [2.24, 2.45) is 17.8 Å². The topological polar surface area (TPSA) is 13.0 Å². The smallest absolute Gasteiger partial charge is 0.0104 e. The summed E-state index contributed by atoms with van der Waals surface area (Å²) in [6.45, 7) is 7.70. The zero-order chi connectivity index (χ0) is 41.5. The van der Waals surface area contributed by atoms with Crippen LogP contribution in [0.25, 0.3) is 0 Å². The molecule has 0 bridgehead atoms. The van der Waals surface area contributed by atoms with Crippen LogP contribution in [-0.4, -0.2) is 92.1 Å². The predicted molar refractivity (Wildman–Crippen MR) is 260 cm³/mol. The molecule has 0 saturated heterocycles. The number of hydrogen-bond acceptors (Lipinski definition) is 4. The molecule has 9 rings (SSSR count). The maximum atomic E-state index is 3.39. The number of rotatable bonds is 12. The third-order valence-corrected chi connectivity index (χ3v) is 20.6. The third kappa shape index (κ3) is 11.5. The molecular formula is C57H102N4. The summed E-state index contributed by atoms with van der Waals surface area (Å²) in [6.07, 6.45) is 58.3. The lowest BCUT2D eigenvalue weighted by atomic mass is 9.77. The molecule has 9 aliphatic carbocycles. The molecule has 4 atom stereocenters. The van der Waals surface area contributed by atoms with Gasteiger partial charge in [0.25, 0.3) is 0 Å². The van der Waals surface area contributed by atoms with Crippen molar-refractivity contribution in [1.29, 1.82) is 0 Å². The molecule has 0 spiro atoms. The molecule has 9 fully saturated rings. The first-order valence-electron chi connectivity index (χ1n) is 29.1. The van der Waals surface area contributed by atoms with Gasteiger partial charge in [0, 0.05) is 72.5 Å². The highest BCUT2D eigenvalue weighted by Gasteiger charge is 2.45. The Balaban J connectivity index is 0.908. The van der Waals surface area contributed by atoms with Gasteiger partial charge in [-0.3, -0.25) is 19.6 Å². The van der Waals surface area contributed by atoms with Gasteiger partial charge in [-0.1, -0.05) is 104 Å². The fraction of sp³-hybridized carbons (Fsp3) is 1.00. The van der Waals surface area contributed by atoms with Gasteiger partial charge < -0.3 is 0 Å². The summed E-state index contributed by atoms with van der Waals surface area (Å²) in [4.78, 5) is 13.2. The SMILES string of the molecule is CC1CCC(N(C2CCCCC2)C2CCC(N(C3CCC(N(C4CCCCC4)C4CCCC(C)C4)CC3)C3CCC(N(C4CCCCC4)C4CCCC(C)C4)CC3)CC2)CC1. The quantitative estimate of drug-likeness (QED) is 0.194. The highest BCUT2D eigenvalue weighted by molar-refractivity contribution is 5.01. The Morgan fingerprint density at radius 1 is 0.180 bits per heavy atom. The second-order valence-electron chi connectivity index (χ2n) is 24.8. The van der Waals surface area contributed by atoms with Gasteiger partial charge in [-0.05, 0) is 185 Å². The molecular weight excluding hydrogens is 741 g/mol. The zero-order valence-corrected chi connectivity index (χ0v) is 41.0. The first kappa shape index (κ1) is 46.0. The van der Waals surface area contributed by atoms with Crippen LogP contribution in [0.1, 0.15) is 271 Å². The minimum absolute atomic E-state index is 0.848. The van der Waals surface area contributed by atoms with E-state index in [1.54, 1.807) is 0 Å². The van der Waals surface area contributed by atoms with Gasteiger partial charge in [0.2, 0.25) is 0 Å². The van der Waals surface area contributed by atoms with Gasteiger partial charge in [-0.15, -0.1) is 0 Å². The fourth-order valence-corrected chi connectivity index (χ4v) is 17.6. The summed E-state index contributed by atoms with van der Waals surface area (Å²) >= 11 is 0. The summed E-state index contributed by atoms with van der Waals surface area (Å²) in [5.41, 5.74) is 0. The Morgan fingerprint density at radius 2 is 0.393 bits per heavy atom. The van der Waals surface area contributed by atoms with E-state index >= 15 is 0 Å². The van der Waals surface area contributed by atoms with E-state index in [4.69, 9.17) is 0 Å². The van der Waals surface area contributed by atoms with Gasteiger partial charge >= 0.3 is 0 Å². The van der Waals surface area contributed by atoms with E-state index in [1.165, 1.54) is 250 Å². The lowest BCUT2D eigenvalue weighted by molar-refractivity contribution is -0.0461. The molecule has 4 nitrogen and oxygen atoms in total. The van der Waals surface area contributed by atoms with Crippen molar-refractivity contribution >= 4 is 0 Å². The summed E-state index contributed by atoms with van der Waals surface area (Å²) in [5.74, 6) is 2.84. The first-order chi connectivity index (χ1) is 30.0. The van der Waals surface area contributed by atoms with Crippen molar-refractivity contribution in [3.63, 3.8) is 0 Å². The maximum absolute atomic E-state index is 3.39. The first-order valence-corrected chi connectivity index (χ1v) is 29.1. The van der Waals surface area contributed by atoms with E-state index in [1.807, 2.05) is 0 Å². The zero-order valence-electron chi connectivity index (χ0n) is 41.0. The van der Waals surface area contributed by atoms with Crippen LogP contribution in [-0.2, 0) is 0 Å². The monoisotopic (exact) mass is 843 g/mol. The average molecular weight is 843 g/mol. The summed E-state index contributed by atoms with van der Waals surface area (Å²) < 4.78 is 0. The van der Waals surface area contributed by atoms with Gasteiger partial charge in [0.15, 0.2) is 0 Å². The molecule has 0 aromatic rings. The molecule has 0 radical (unpaired) electrons. The molecule has 0 aromatic carbocycles. The predicted octanol–water partition coefficient (Wildman–Crippen LogP) is 14.9. The molecule has 350 valence electrons. The molecule has 4 unspecified atom stereocenters. The third-order valence-electron chi connectivity index (χ3n) is 20.6. The number of hydrogen-bond donors (Lipinski definition) is 0. The van der Waals surface area contributed by atoms with E-state index < -0.39 is 0 Å². The van der Waals surface area contributed by atoms with E-state index in [9.17, 15) is 0 Å². The lowest BCUT2D eigenvalue weighted by Gasteiger charge is -2.54.